The first-order valence-electron chi connectivity index (χ1n) is 8.40. The lowest BCUT2D eigenvalue weighted by Gasteiger charge is -2.25. The highest BCUT2D eigenvalue weighted by molar-refractivity contribution is 7.90. The third-order valence-corrected chi connectivity index (χ3v) is 5.58. The van der Waals surface area contributed by atoms with Gasteiger partial charge in [-0.1, -0.05) is 30.3 Å². The molecule has 1 aliphatic carbocycles. The summed E-state index contributed by atoms with van der Waals surface area (Å²) in [6.07, 6.45) is 3.30. The molecule has 0 aliphatic heterocycles. The van der Waals surface area contributed by atoms with Crippen LogP contribution in [0.15, 0.2) is 30.3 Å². The van der Waals surface area contributed by atoms with E-state index in [1.165, 1.54) is 6.26 Å². The maximum Gasteiger partial charge on any atom is 0.303 e. The van der Waals surface area contributed by atoms with E-state index in [9.17, 15) is 18.0 Å². The van der Waals surface area contributed by atoms with Gasteiger partial charge in [0, 0.05) is 32.2 Å². The number of carboxylic acids is 1. The van der Waals surface area contributed by atoms with Crippen LogP contribution >= 0.6 is 0 Å². The number of amides is 1. The second-order valence-corrected chi connectivity index (χ2v) is 9.19. The van der Waals surface area contributed by atoms with Gasteiger partial charge in [0.25, 0.3) is 0 Å². The Bertz CT molecular complexity index is 710. The van der Waals surface area contributed by atoms with Gasteiger partial charge in [-0.05, 0) is 30.2 Å². The van der Waals surface area contributed by atoms with E-state index in [2.05, 4.69) is 0 Å². The summed E-state index contributed by atoms with van der Waals surface area (Å²) in [6.45, 7) is 0.767. The van der Waals surface area contributed by atoms with Crippen LogP contribution in [0.25, 0.3) is 0 Å². The van der Waals surface area contributed by atoms with Crippen molar-refractivity contribution in [3.8, 4) is 0 Å². The van der Waals surface area contributed by atoms with Gasteiger partial charge in [-0.25, -0.2) is 8.42 Å². The fourth-order valence-corrected chi connectivity index (χ4v) is 4.56. The Hall–Kier alpha value is -1.89. The first-order chi connectivity index (χ1) is 11.7. The molecule has 1 N–H and O–H groups in total. The predicted octanol–water partition coefficient (Wildman–Crippen LogP) is 2.09. The molecule has 25 heavy (non-hydrogen) atoms. The summed E-state index contributed by atoms with van der Waals surface area (Å²) in [7, 11) is -3.13. The van der Waals surface area contributed by atoms with Crippen LogP contribution in [-0.4, -0.2) is 48.9 Å². The van der Waals surface area contributed by atoms with Crippen LogP contribution in [-0.2, 0) is 26.0 Å². The SMILES string of the molecule is CS(=O)(=O)CC1(CC(=O)N(CCCC(=O)O)Cc2ccccc2)CC1. The molecule has 138 valence electrons. The first-order valence-corrected chi connectivity index (χ1v) is 10.5. The fourth-order valence-electron chi connectivity index (χ4n) is 3.05. The number of carbonyl (C=O) groups is 2. The van der Waals surface area contributed by atoms with Crippen molar-refractivity contribution < 1.29 is 23.1 Å². The van der Waals surface area contributed by atoms with E-state index < -0.39 is 21.2 Å². The molecule has 0 saturated heterocycles. The fraction of sp³-hybridized carbons (Fsp3) is 0.556. The van der Waals surface area contributed by atoms with Gasteiger partial charge < -0.3 is 10.0 Å². The second-order valence-electron chi connectivity index (χ2n) is 7.05. The van der Waals surface area contributed by atoms with Gasteiger partial charge in [0.1, 0.15) is 9.84 Å². The van der Waals surface area contributed by atoms with Gasteiger partial charge in [0.05, 0.1) is 5.75 Å². The highest BCUT2D eigenvalue weighted by Gasteiger charge is 2.47. The van der Waals surface area contributed by atoms with Crippen molar-refractivity contribution in [1.29, 1.82) is 0 Å². The van der Waals surface area contributed by atoms with Crippen LogP contribution in [0.4, 0.5) is 0 Å². The smallest absolute Gasteiger partial charge is 0.303 e. The highest BCUT2D eigenvalue weighted by Crippen LogP contribution is 2.50. The van der Waals surface area contributed by atoms with E-state index in [-0.39, 0.29) is 24.5 Å². The van der Waals surface area contributed by atoms with Crippen molar-refractivity contribution >= 4 is 21.7 Å². The van der Waals surface area contributed by atoms with E-state index in [1.54, 1.807) is 4.90 Å². The van der Waals surface area contributed by atoms with Gasteiger partial charge >= 0.3 is 5.97 Å². The van der Waals surface area contributed by atoms with Gasteiger partial charge in [-0.3, -0.25) is 9.59 Å². The lowest BCUT2D eigenvalue weighted by Crippen LogP contribution is -2.34. The molecular weight excluding hydrogens is 342 g/mol. The number of nitrogens with zero attached hydrogens (tertiary/aromatic N) is 1. The normalized spacial score (nSPS) is 15.6. The molecule has 0 heterocycles. The molecule has 1 aromatic carbocycles. The van der Waals surface area contributed by atoms with Gasteiger partial charge in [0.15, 0.2) is 0 Å². The number of hydrogen-bond donors (Lipinski definition) is 1. The standard InChI is InChI=1S/C18H25NO5S/c1-25(23,24)14-18(9-10-18)12-16(20)19(11-5-8-17(21)22)13-15-6-3-2-4-7-15/h2-4,6-7H,5,8-14H2,1H3,(H,21,22). The minimum Gasteiger partial charge on any atom is -0.481 e. The minimum absolute atomic E-state index is 0.00700. The molecule has 1 fully saturated rings. The third-order valence-electron chi connectivity index (χ3n) is 4.44. The maximum absolute atomic E-state index is 12.7. The summed E-state index contributed by atoms with van der Waals surface area (Å²) >= 11 is 0. The predicted molar refractivity (Wildman–Crippen MR) is 94.7 cm³/mol. The van der Waals surface area contributed by atoms with Crippen LogP contribution in [0.2, 0.25) is 0 Å². The Morgan fingerprint density at radius 1 is 1.20 bits per heavy atom. The molecule has 0 unspecified atom stereocenters. The van der Waals surface area contributed by atoms with Crippen LogP contribution < -0.4 is 0 Å². The summed E-state index contributed by atoms with van der Waals surface area (Å²) in [5, 5.41) is 8.81. The largest absolute Gasteiger partial charge is 0.481 e. The molecule has 7 heteroatoms. The quantitative estimate of drug-likeness (QED) is 0.684. The molecule has 1 saturated carbocycles. The van der Waals surface area contributed by atoms with Crippen molar-refractivity contribution in [2.24, 2.45) is 5.41 Å². The molecule has 1 aliphatic rings. The molecule has 2 rings (SSSR count). The van der Waals surface area contributed by atoms with E-state index in [0.717, 1.165) is 18.4 Å². The summed E-state index contributed by atoms with van der Waals surface area (Å²) in [4.78, 5) is 25.1. The van der Waals surface area contributed by atoms with E-state index in [1.807, 2.05) is 30.3 Å². The van der Waals surface area contributed by atoms with Crippen molar-refractivity contribution in [2.45, 2.75) is 38.6 Å². The van der Waals surface area contributed by atoms with Crippen molar-refractivity contribution in [1.82, 2.24) is 4.90 Å². The summed E-state index contributed by atoms with van der Waals surface area (Å²) in [6, 6.07) is 9.51. The zero-order chi connectivity index (χ0) is 18.5. The van der Waals surface area contributed by atoms with Gasteiger partial charge in [-0.15, -0.1) is 0 Å². The molecule has 0 aromatic heterocycles. The van der Waals surface area contributed by atoms with Crippen molar-refractivity contribution in [3.05, 3.63) is 35.9 Å². The van der Waals surface area contributed by atoms with E-state index in [4.69, 9.17) is 5.11 Å². The van der Waals surface area contributed by atoms with Crippen LogP contribution in [0.3, 0.4) is 0 Å². The highest BCUT2D eigenvalue weighted by atomic mass is 32.2. The molecule has 1 amide bonds. The second kappa shape index (κ2) is 7.99. The molecule has 0 atom stereocenters. The van der Waals surface area contributed by atoms with E-state index >= 15 is 0 Å². The van der Waals surface area contributed by atoms with Gasteiger partial charge in [0.2, 0.25) is 5.91 Å². The number of hydrogen-bond acceptors (Lipinski definition) is 4. The molecule has 1 aromatic rings. The zero-order valence-corrected chi connectivity index (χ0v) is 15.3. The van der Waals surface area contributed by atoms with Crippen molar-refractivity contribution in [2.75, 3.05) is 18.6 Å². The molecule has 0 bridgehead atoms. The Labute approximate surface area is 148 Å². The lowest BCUT2D eigenvalue weighted by molar-refractivity contribution is -0.138. The lowest BCUT2D eigenvalue weighted by atomic mass is 10.0. The number of rotatable bonds is 10. The minimum atomic E-state index is -3.13. The average Bonchev–Trinajstić information content (AvgIpc) is 3.23. The molecule has 6 nitrogen and oxygen atoms in total. The summed E-state index contributed by atoms with van der Waals surface area (Å²) in [5.41, 5.74) is 0.547. The number of benzene rings is 1. The van der Waals surface area contributed by atoms with Crippen LogP contribution in [0.5, 0.6) is 0 Å². The van der Waals surface area contributed by atoms with Crippen molar-refractivity contribution in [3.63, 3.8) is 0 Å². The maximum atomic E-state index is 12.7. The Morgan fingerprint density at radius 2 is 1.84 bits per heavy atom. The van der Waals surface area contributed by atoms with Crippen LogP contribution in [0.1, 0.15) is 37.7 Å². The van der Waals surface area contributed by atoms with Crippen LogP contribution in [0, 0.1) is 5.41 Å². The number of carbonyl (C=O) groups excluding carboxylic acids is 1. The topological polar surface area (TPSA) is 91.8 Å². The van der Waals surface area contributed by atoms with Gasteiger partial charge in [-0.2, -0.15) is 0 Å². The summed E-state index contributed by atoms with van der Waals surface area (Å²) < 4.78 is 23.2. The third kappa shape index (κ3) is 6.86. The zero-order valence-electron chi connectivity index (χ0n) is 14.5. The Morgan fingerprint density at radius 3 is 2.36 bits per heavy atom. The number of aliphatic carboxylic acids is 1. The number of sulfone groups is 1. The first kappa shape index (κ1) is 19.4. The monoisotopic (exact) mass is 367 g/mol. The Balaban J connectivity index is 2.02. The Kier molecular flexibility index (Phi) is 6.21. The summed E-state index contributed by atoms with van der Waals surface area (Å²) in [5.74, 6) is -0.946. The van der Waals surface area contributed by atoms with E-state index in [0.29, 0.717) is 19.5 Å². The average molecular weight is 367 g/mol. The molecular formula is C18H25NO5S. The molecule has 0 spiro atoms. The number of carboxylic acid groups (broad SMARTS) is 1. The molecule has 0 radical (unpaired) electrons.